The Labute approximate surface area is 118 Å². The summed E-state index contributed by atoms with van der Waals surface area (Å²) in [7, 11) is -2.11. The van der Waals surface area contributed by atoms with Gasteiger partial charge in [-0.05, 0) is 24.3 Å². The first-order valence-corrected chi connectivity index (χ1v) is 7.87. The second-order valence-electron chi connectivity index (χ2n) is 4.84. The summed E-state index contributed by atoms with van der Waals surface area (Å²) in [5.41, 5.74) is -1.03. The number of hydrogen-bond donors (Lipinski definition) is 2. The van der Waals surface area contributed by atoms with Crippen molar-refractivity contribution in [2.24, 2.45) is 0 Å². The van der Waals surface area contributed by atoms with Crippen LogP contribution in [0.25, 0.3) is 0 Å². The molecule has 1 aliphatic heterocycles. The Morgan fingerprint density at radius 1 is 1.30 bits per heavy atom. The van der Waals surface area contributed by atoms with E-state index in [4.69, 9.17) is 9.47 Å². The number of nitrogens with one attached hydrogen (secondary N) is 1. The van der Waals surface area contributed by atoms with Crippen LogP contribution in [0.1, 0.15) is 12.8 Å². The highest BCUT2D eigenvalue weighted by atomic mass is 32.2. The molecule has 0 amide bonds. The number of ether oxygens (including phenoxy) is 2. The number of rotatable bonds is 5. The molecule has 0 atom stereocenters. The fourth-order valence-corrected chi connectivity index (χ4v) is 3.12. The molecule has 0 aromatic heterocycles. The van der Waals surface area contributed by atoms with Gasteiger partial charge < -0.3 is 14.6 Å². The van der Waals surface area contributed by atoms with Crippen LogP contribution in [0.5, 0.6) is 5.75 Å². The molecule has 1 aliphatic rings. The largest absolute Gasteiger partial charge is 0.497 e. The van der Waals surface area contributed by atoms with E-state index in [0.717, 1.165) is 0 Å². The Kier molecular flexibility index (Phi) is 4.64. The van der Waals surface area contributed by atoms with Gasteiger partial charge in [-0.15, -0.1) is 0 Å². The zero-order chi connectivity index (χ0) is 14.6. The molecule has 0 unspecified atom stereocenters. The molecular weight excluding hydrogens is 282 g/mol. The van der Waals surface area contributed by atoms with Crippen molar-refractivity contribution in [2.75, 3.05) is 26.9 Å². The second kappa shape index (κ2) is 6.09. The van der Waals surface area contributed by atoms with Gasteiger partial charge in [0.25, 0.3) is 0 Å². The van der Waals surface area contributed by atoms with Gasteiger partial charge >= 0.3 is 0 Å². The summed E-state index contributed by atoms with van der Waals surface area (Å²) >= 11 is 0. The molecular formula is C13H19NO5S. The van der Waals surface area contributed by atoms with E-state index in [0.29, 0.717) is 31.8 Å². The smallest absolute Gasteiger partial charge is 0.240 e. The topological polar surface area (TPSA) is 84.9 Å². The molecule has 2 N–H and O–H groups in total. The van der Waals surface area contributed by atoms with Gasteiger partial charge in [-0.25, -0.2) is 13.1 Å². The highest BCUT2D eigenvalue weighted by Gasteiger charge is 2.31. The summed E-state index contributed by atoms with van der Waals surface area (Å²) in [4.78, 5) is 0.147. The third-order valence-corrected chi connectivity index (χ3v) is 4.80. The average Bonchev–Trinajstić information content (AvgIpc) is 2.46. The van der Waals surface area contributed by atoms with Crippen LogP contribution in [0.3, 0.4) is 0 Å². The zero-order valence-electron chi connectivity index (χ0n) is 11.3. The molecule has 0 bridgehead atoms. The highest BCUT2D eigenvalue weighted by molar-refractivity contribution is 7.89. The average molecular weight is 301 g/mol. The zero-order valence-corrected chi connectivity index (χ0v) is 12.1. The van der Waals surface area contributed by atoms with Gasteiger partial charge in [-0.3, -0.25) is 0 Å². The summed E-state index contributed by atoms with van der Waals surface area (Å²) in [6.07, 6.45) is 0.857. The van der Waals surface area contributed by atoms with E-state index in [1.54, 1.807) is 12.1 Å². The van der Waals surface area contributed by atoms with Crippen molar-refractivity contribution < 1.29 is 23.0 Å². The molecule has 0 aliphatic carbocycles. The predicted molar refractivity (Wildman–Crippen MR) is 73.2 cm³/mol. The van der Waals surface area contributed by atoms with E-state index in [1.807, 2.05) is 0 Å². The SMILES string of the molecule is COc1ccc(S(=O)(=O)NCC2(O)CCOCC2)cc1. The minimum Gasteiger partial charge on any atom is -0.497 e. The van der Waals surface area contributed by atoms with E-state index >= 15 is 0 Å². The first-order chi connectivity index (χ1) is 9.45. The minimum atomic E-state index is -3.63. The Morgan fingerprint density at radius 3 is 2.45 bits per heavy atom. The molecule has 7 heteroatoms. The lowest BCUT2D eigenvalue weighted by molar-refractivity contribution is -0.0588. The first kappa shape index (κ1) is 15.2. The molecule has 1 aromatic rings. The molecule has 20 heavy (non-hydrogen) atoms. The summed E-state index contributed by atoms with van der Waals surface area (Å²) < 4.78 is 36.8. The Balaban J connectivity index is 2.02. The summed E-state index contributed by atoms with van der Waals surface area (Å²) in [6.45, 7) is 0.881. The van der Waals surface area contributed by atoms with Crippen molar-refractivity contribution in [1.82, 2.24) is 4.72 Å². The van der Waals surface area contributed by atoms with Gasteiger partial charge in [0, 0.05) is 32.6 Å². The normalized spacial score (nSPS) is 18.7. The molecule has 0 spiro atoms. The third-order valence-electron chi connectivity index (χ3n) is 3.38. The molecule has 1 fully saturated rings. The van der Waals surface area contributed by atoms with Crippen LogP contribution in [0.15, 0.2) is 29.2 Å². The Bertz CT molecular complexity index is 534. The Morgan fingerprint density at radius 2 is 1.90 bits per heavy atom. The van der Waals surface area contributed by atoms with Gasteiger partial charge in [-0.1, -0.05) is 0 Å². The lowest BCUT2D eigenvalue weighted by atomic mass is 9.95. The minimum absolute atomic E-state index is 0.00920. The fraction of sp³-hybridized carbons (Fsp3) is 0.538. The van der Waals surface area contributed by atoms with Crippen molar-refractivity contribution in [1.29, 1.82) is 0 Å². The van der Waals surface area contributed by atoms with Crippen LogP contribution < -0.4 is 9.46 Å². The van der Waals surface area contributed by atoms with E-state index in [1.165, 1.54) is 19.2 Å². The van der Waals surface area contributed by atoms with E-state index in [2.05, 4.69) is 4.72 Å². The van der Waals surface area contributed by atoms with Gasteiger partial charge in [0.2, 0.25) is 10.0 Å². The van der Waals surface area contributed by atoms with Crippen molar-refractivity contribution in [3.05, 3.63) is 24.3 Å². The maximum absolute atomic E-state index is 12.1. The van der Waals surface area contributed by atoms with Crippen molar-refractivity contribution >= 4 is 10.0 Å². The molecule has 2 rings (SSSR count). The molecule has 1 heterocycles. The number of sulfonamides is 1. The highest BCUT2D eigenvalue weighted by Crippen LogP contribution is 2.21. The number of benzene rings is 1. The van der Waals surface area contributed by atoms with Gasteiger partial charge in [0.15, 0.2) is 0 Å². The third kappa shape index (κ3) is 3.69. The number of aliphatic hydroxyl groups is 1. The molecule has 1 aromatic carbocycles. The molecule has 0 radical (unpaired) electrons. The summed E-state index contributed by atoms with van der Waals surface area (Å²) in [5, 5.41) is 10.2. The van der Waals surface area contributed by atoms with Crippen LogP contribution in [-0.4, -0.2) is 46.0 Å². The van der Waals surface area contributed by atoms with Crippen LogP contribution in [-0.2, 0) is 14.8 Å². The molecule has 0 saturated carbocycles. The van der Waals surface area contributed by atoms with E-state index in [-0.39, 0.29) is 11.4 Å². The van der Waals surface area contributed by atoms with Crippen molar-refractivity contribution in [3.63, 3.8) is 0 Å². The van der Waals surface area contributed by atoms with Gasteiger partial charge in [0.05, 0.1) is 17.6 Å². The van der Waals surface area contributed by atoms with Crippen LogP contribution in [0.2, 0.25) is 0 Å². The van der Waals surface area contributed by atoms with E-state index in [9.17, 15) is 13.5 Å². The molecule has 112 valence electrons. The lowest BCUT2D eigenvalue weighted by Crippen LogP contribution is -2.46. The Hall–Kier alpha value is -1.15. The summed E-state index contributed by atoms with van der Waals surface area (Å²) in [5.74, 6) is 0.590. The van der Waals surface area contributed by atoms with Crippen LogP contribution in [0.4, 0.5) is 0 Å². The van der Waals surface area contributed by atoms with Crippen LogP contribution >= 0.6 is 0 Å². The predicted octanol–water partition coefficient (Wildman–Crippen LogP) is 0.515. The molecule has 1 saturated heterocycles. The van der Waals surface area contributed by atoms with E-state index < -0.39 is 15.6 Å². The maximum Gasteiger partial charge on any atom is 0.240 e. The standard InChI is InChI=1S/C13H19NO5S/c1-18-11-2-4-12(5-3-11)20(16,17)14-10-13(15)6-8-19-9-7-13/h2-5,14-15H,6-10H2,1H3. The number of methoxy groups -OCH3 is 1. The summed E-state index contributed by atoms with van der Waals surface area (Å²) in [6, 6.07) is 6.10. The van der Waals surface area contributed by atoms with Crippen molar-refractivity contribution in [3.8, 4) is 5.75 Å². The number of hydrogen-bond acceptors (Lipinski definition) is 5. The van der Waals surface area contributed by atoms with Crippen LogP contribution in [0, 0.1) is 0 Å². The lowest BCUT2D eigenvalue weighted by Gasteiger charge is -2.31. The fourth-order valence-electron chi connectivity index (χ4n) is 2.00. The second-order valence-corrected chi connectivity index (χ2v) is 6.60. The first-order valence-electron chi connectivity index (χ1n) is 6.39. The van der Waals surface area contributed by atoms with Crippen molar-refractivity contribution in [2.45, 2.75) is 23.3 Å². The molecule has 6 nitrogen and oxygen atoms in total. The van der Waals surface area contributed by atoms with Gasteiger partial charge in [-0.2, -0.15) is 0 Å². The quantitative estimate of drug-likeness (QED) is 0.828. The van der Waals surface area contributed by atoms with Gasteiger partial charge in [0.1, 0.15) is 5.75 Å². The monoisotopic (exact) mass is 301 g/mol. The maximum atomic E-state index is 12.1.